The number of ether oxygens (including phenoxy) is 1. The number of halogens is 3. The van der Waals surface area contributed by atoms with E-state index in [1.54, 1.807) is 30.1 Å². The number of anilines is 1. The van der Waals surface area contributed by atoms with Crippen molar-refractivity contribution < 1.29 is 22.7 Å². The highest BCUT2D eigenvalue weighted by Gasteiger charge is 2.28. The first kappa shape index (κ1) is 19.5. The summed E-state index contributed by atoms with van der Waals surface area (Å²) < 4.78 is 41.0. The standard InChI is InChI=1S/C18H18F3N3O2S/c19-18(20,21)11-26-15-8-7-12(10-23-15)24-16(25)14-6-3-9-22-17(14)27-13-4-1-2-5-13/h3,6-10,13H,1-2,4-5,11H2,(H,24,25). The number of aromatic nitrogens is 2. The molecule has 0 bridgehead atoms. The molecule has 144 valence electrons. The lowest BCUT2D eigenvalue weighted by atomic mass is 10.2. The van der Waals surface area contributed by atoms with Gasteiger partial charge in [0.1, 0.15) is 5.03 Å². The minimum absolute atomic E-state index is 0.163. The van der Waals surface area contributed by atoms with Crippen LogP contribution in [0.15, 0.2) is 41.7 Å². The van der Waals surface area contributed by atoms with Crippen LogP contribution in [0.4, 0.5) is 18.9 Å². The number of hydrogen-bond acceptors (Lipinski definition) is 5. The maximum Gasteiger partial charge on any atom is 0.422 e. The van der Waals surface area contributed by atoms with Crippen LogP contribution in [-0.2, 0) is 0 Å². The van der Waals surface area contributed by atoms with E-state index in [2.05, 4.69) is 20.0 Å². The number of alkyl halides is 3. The van der Waals surface area contributed by atoms with Gasteiger partial charge in [-0.05, 0) is 31.0 Å². The normalized spacial score (nSPS) is 14.9. The lowest BCUT2D eigenvalue weighted by molar-refractivity contribution is -0.154. The van der Waals surface area contributed by atoms with Crippen LogP contribution in [0.5, 0.6) is 5.88 Å². The van der Waals surface area contributed by atoms with Crippen LogP contribution in [0, 0.1) is 0 Å². The third kappa shape index (κ3) is 5.85. The predicted octanol–water partition coefficient (Wildman–Crippen LogP) is 4.70. The number of pyridine rings is 2. The molecule has 2 aromatic heterocycles. The van der Waals surface area contributed by atoms with Gasteiger partial charge in [-0.25, -0.2) is 9.97 Å². The fourth-order valence-corrected chi connectivity index (χ4v) is 4.01. The Morgan fingerprint density at radius 3 is 2.67 bits per heavy atom. The number of rotatable bonds is 6. The van der Waals surface area contributed by atoms with E-state index >= 15 is 0 Å². The Kier molecular flexibility index (Phi) is 6.20. The second-order valence-electron chi connectivity index (χ2n) is 6.12. The van der Waals surface area contributed by atoms with Crippen LogP contribution in [-0.4, -0.2) is 33.9 Å². The average molecular weight is 397 g/mol. The first-order valence-electron chi connectivity index (χ1n) is 8.49. The molecule has 0 aliphatic heterocycles. The van der Waals surface area contributed by atoms with E-state index in [0.717, 1.165) is 12.8 Å². The molecular weight excluding hydrogens is 379 g/mol. The Bertz CT molecular complexity index is 778. The zero-order valence-electron chi connectivity index (χ0n) is 14.3. The molecule has 0 unspecified atom stereocenters. The van der Waals surface area contributed by atoms with Gasteiger partial charge >= 0.3 is 6.18 Å². The summed E-state index contributed by atoms with van der Waals surface area (Å²) in [4.78, 5) is 20.7. The van der Waals surface area contributed by atoms with Gasteiger partial charge in [-0.3, -0.25) is 4.79 Å². The fourth-order valence-electron chi connectivity index (χ4n) is 2.72. The van der Waals surface area contributed by atoms with E-state index in [1.807, 2.05) is 0 Å². The number of nitrogens with zero attached hydrogens (tertiary/aromatic N) is 2. The molecule has 1 saturated carbocycles. The van der Waals surface area contributed by atoms with E-state index in [-0.39, 0.29) is 11.8 Å². The Morgan fingerprint density at radius 1 is 1.22 bits per heavy atom. The number of hydrogen-bond donors (Lipinski definition) is 1. The van der Waals surface area contributed by atoms with Gasteiger partial charge in [0.15, 0.2) is 6.61 Å². The molecule has 5 nitrogen and oxygen atoms in total. The molecule has 0 aromatic carbocycles. The summed E-state index contributed by atoms with van der Waals surface area (Å²) in [5.74, 6) is -0.501. The summed E-state index contributed by atoms with van der Waals surface area (Å²) in [6.07, 6.45) is 3.10. The number of nitrogens with one attached hydrogen (secondary N) is 1. The fraction of sp³-hybridized carbons (Fsp3) is 0.389. The largest absolute Gasteiger partial charge is 0.468 e. The van der Waals surface area contributed by atoms with Crippen molar-refractivity contribution in [2.24, 2.45) is 0 Å². The summed E-state index contributed by atoms with van der Waals surface area (Å²) in [5, 5.41) is 3.84. The molecule has 1 fully saturated rings. The van der Waals surface area contributed by atoms with E-state index in [4.69, 9.17) is 0 Å². The molecule has 27 heavy (non-hydrogen) atoms. The van der Waals surface area contributed by atoms with Crippen molar-refractivity contribution in [2.75, 3.05) is 11.9 Å². The van der Waals surface area contributed by atoms with Crippen LogP contribution >= 0.6 is 11.8 Å². The van der Waals surface area contributed by atoms with E-state index in [9.17, 15) is 18.0 Å². The lowest BCUT2D eigenvalue weighted by Crippen LogP contribution is -2.19. The van der Waals surface area contributed by atoms with Crippen molar-refractivity contribution in [3.8, 4) is 5.88 Å². The molecule has 1 amide bonds. The van der Waals surface area contributed by atoms with Crippen LogP contribution in [0.3, 0.4) is 0 Å². The molecule has 1 aliphatic rings. The lowest BCUT2D eigenvalue weighted by Gasteiger charge is -2.12. The van der Waals surface area contributed by atoms with E-state index < -0.39 is 12.8 Å². The van der Waals surface area contributed by atoms with Crippen molar-refractivity contribution in [2.45, 2.75) is 42.1 Å². The Hall–Kier alpha value is -2.29. The maximum atomic E-state index is 12.6. The topological polar surface area (TPSA) is 64.1 Å². The van der Waals surface area contributed by atoms with Gasteiger partial charge in [-0.1, -0.05) is 12.8 Å². The summed E-state index contributed by atoms with van der Waals surface area (Å²) in [6, 6.07) is 6.11. The van der Waals surface area contributed by atoms with Gasteiger partial charge in [0.05, 0.1) is 17.4 Å². The van der Waals surface area contributed by atoms with Crippen molar-refractivity contribution in [3.05, 3.63) is 42.2 Å². The Balaban J connectivity index is 1.63. The molecule has 0 spiro atoms. The molecule has 1 aliphatic carbocycles. The molecule has 0 atom stereocenters. The molecule has 0 radical (unpaired) electrons. The predicted molar refractivity (Wildman–Crippen MR) is 96.1 cm³/mol. The smallest absolute Gasteiger partial charge is 0.422 e. The van der Waals surface area contributed by atoms with Crippen LogP contribution < -0.4 is 10.1 Å². The number of amides is 1. The van der Waals surface area contributed by atoms with E-state index in [0.29, 0.717) is 21.5 Å². The molecule has 1 N–H and O–H groups in total. The van der Waals surface area contributed by atoms with Gasteiger partial charge in [-0.2, -0.15) is 13.2 Å². The number of thioether (sulfide) groups is 1. The highest BCUT2D eigenvalue weighted by atomic mass is 32.2. The third-order valence-corrected chi connectivity index (χ3v) is 5.33. The molecule has 3 rings (SSSR count). The van der Waals surface area contributed by atoms with E-state index in [1.165, 1.54) is 31.2 Å². The van der Waals surface area contributed by atoms with Gasteiger partial charge in [0.2, 0.25) is 5.88 Å². The van der Waals surface area contributed by atoms with Gasteiger partial charge < -0.3 is 10.1 Å². The quantitative estimate of drug-likeness (QED) is 0.765. The number of carbonyl (C=O) groups excluding carboxylic acids is 1. The van der Waals surface area contributed by atoms with Crippen molar-refractivity contribution in [1.82, 2.24) is 9.97 Å². The van der Waals surface area contributed by atoms with Gasteiger partial charge in [-0.15, -0.1) is 11.8 Å². The SMILES string of the molecule is O=C(Nc1ccc(OCC(F)(F)F)nc1)c1cccnc1SC1CCCC1. The molecule has 2 aromatic rings. The van der Waals surface area contributed by atoms with Crippen molar-refractivity contribution >= 4 is 23.4 Å². The van der Waals surface area contributed by atoms with Gasteiger partial charge in [0, 0.05) is 17.5 Å². The van der Waals surface area contributed by atoms with Crippen LogP contribution in [0.2, 0.25) is 0 Å². The number of carbonyl (C=O) groups is 1. The highest BCUT2D eigenvalue weighted by molar-refractivity contribution is 7.99. The minimum Gasteiger partial charge on any atom is -0.468 e. The highest BCUT2D eigenvalue weighted by Crippen LogP contribution is 2.35. The zero-order valence-corrected chi connectivity index (χ0v) is 15.1. The minimum atomic E-state index is -4.43. The van der Waals surface area contributed by atoms with Crippen molar-refractivity contribution in [3.63, 3.8) is 0 Å². The van der Waals surface area contributed by atoms with Crippen LogP contribution in [0.1, 0.15) is 36.0 Å². The average Bonchev–Trinajstić information content (AvgIpc) is 3.14. The summed E-state index contributed by atoms with van der Waals surface area (Å²) >= 11 is 1.61. The van der Waals surface area contributed by atoms with Crippen molar-refractivity contribution in [1.29, 1.82) is 0 Å². The molecule has 9 heteroatoms. The van der Waals surface area contributed by atoms with Gasteiger partial charge in [0.25, 0.3) is 5.91 Å². The monoisotopic (exact) mass is 397 g/mol. The Labute approximate surface area is 158 Å². The molecular formula is C18H18F3N3O2S. The summed E-state index contributed by atoms with van der Waals surface area (Å²) in [7, 11) is 0. The second kappa shape index (κ2) is 8.60. The first-order chi connectivity index (χ1) is 12.9. The molecule has 2 heterocycles. The second-order valence-corrected chi connectivity index (χ2v) is 7.41. The molecule has 0 saturated heterocycles. The Morgan fingerprint density at radius 2 is 2.00 bits per heavy atom. The third-order valence-electron chi connectivity index (χ3n) is 3.97. The maximum absolute atomic E-state index is 12.6. The first-order valence-corrected chi connectivity index (χ1v) is 9.37. The summed E-state index contributed by atoms with van der Waals surface area (Å²) in [5.41, 5.74) is 0.826. The van der Waals surface area contributed by atoms with Crippen LogP contribution in [0.25, 0.3) is 0 Å². The summed E-state index contributed by atoms with van der Waals surface area (Å²) in [6.45, 7) is -1.41. The zero-order chi connectivity index (χ0) is 19.3.